The Bertz CT molecular complexity index is 113. The van der Waals surface area contributed by atoms with E-state index in [0.29, 0.717) is 0 Å². The Balaban J connectivity index is 3.85. The van der Waals surface area contributed by atoms with E-state index in [0.717, 1.165) is 4.89 Å². The number of hydrogen-bond acceptors (Lipinski definition) is 3. The van der Waals surface area contributed by atoms with Crippen LogP contribution >= 0.6 is 0 Å². The minimum atomic E-state index is -4.11. The Morgan fingerprint density at radius 3 is 2.20 bits per heavy atom. The molecule has 0 saturated heterocycles. The molecule has 0 aromatic heterocycles. The summed E-state index contributed by atoms with van der Waals surface area (Å²) in [5.74, 6) is 0. The minimum Gasteiger partial charge on any atom is -0.302 e. The van der Waals surface area contributed by atoms with Crippen LogP contribution in [-0.4, -0.2) is 14.7 Å². The van der Waals surface area contributed by atoms with Crippen molar-refractivity contribution in [1.29, 1.82) is 1.12 Å². The molecule has 0 bridgehead atoms. The predicted octanol–water partition coefficient (Wildman–Crippen LogP) is -1.51. The molecule has 0 amide bonds. The maximum absolute atomic E-state index is 9.31. The van der Waals surface area contributed by atoms with Crippen LogP contribution < -0.4 is 4.89 Å². The third kappa shape index (κ3) is 3.87. The topological polar surface area (TPSA) is 66.4 Å². The second-order valence-electron chi connectivity index (χ2n) is 0.326. The van der Waals surface area contributed by atoms with Gasteiger partial charge >= 0.3 is 0 Å². The molecule has 0 aliphatic rings. The quantitative estimate of drug-likeness (QED) is 0.276. The molecule has 0 aromatic carbocycles. The average molecular weight is 98.1 g/mol. The van der Waals surface area contributed by atoms with Crippen LogP contribution in [0.5, 0.6) is 0 Å². The monoisotopic (exact) mass is 98.0 g/mol. The highest BCUT2D eigenvalue weighted by Crippen LogP contribution is 1.32. The number of nitrogens with one attached hydrogen (secondary N) is 1. The largest absolute Gasteiger partial charge is 0.302 e. The smallest absolute Gasteiger partial charge is 0.223 e. The maximum Gasteiger partial charge on any atom is 0.223 e. The van der Waals surface area contributed by atoms with Gasteiger partial charge in [-0.1, -0.05) is 4.89 Å². The molecule has 5 heteroatoms. The van der Waals surface area contributed by atoms with E-state index in [9.17, 15) is 8.42 Å². The summed E-state index contributed by atoms with van der Waals surface area (Å²) in [5.41, 5.74) is 0. The van der Waals surface area contributed by atoms with Crippen molar-refractivity contribution in [3.8, 4) is 0 Å². The molecule has 4 nitrogen and oxygen atoms in total. The van der Waals surface area contributed by atoms with Gasteiger partial charge < -0.3 is 5.21 Å². The molecule has 0 spiro atoms. The highest BCUT2D eigenvalue weighted by atomic mass is 32.2. The van der Waals surface area contributed by atoms with Crippen LogP contribution in [0.2, 0.25) is 0 Å². The molecule has 2 N–H and O–H groups in total. The lowest BCUT2D eigenvalue weighted by atomic mass is 13.5. The molecule has 0 rings (SSSR count). The molecule has 0 fully saturated rings. The fourth-order valence-corrected chi connectivity index (χ4v) is 0. The Morgan fingerprint density at radius 2 is 2.20 bits per heavy atom. The normalized spacial score (nSPS) is 14.2. The van der Waals surface area contributed by atoms with Gasteiger partial charge in [-0.2, -0.15) is 0 Å². The molecule has 0 aliphatic carbocycles. The van der Waals surface area contributed by atoms with Crippen molar-refractivity contribution in [2.45, 2.75) is 0 Å². The van der Waals surface area contributed by atoms with E-state index in [1.54, 1.807) is 0 Å². The van der Waals surface area contributed by atoms with Gasteiger partial charge in [0.25, 0.3) is 0 Å². The van der Waals surface area contributed by atoms with Crippen LogP contribution in [-0.2, 0) is 10.8 Å². The number of rotatable bonds is 1. The van der Waals surface area contributed by atoms with Crippen LogP contribution in [0.25, 0.3) is 0 Å². The first-order valence-electron chi connectivity index (χ1n) is 1.17. The maximum atomic E-state index is 9.31. The minimum absolute atomic E-state index is 0.743. The average Bonchev–Trinajstić information content (AvgIpc) is 1.35. The van der Waals surface area contributed by atoms with E-state index >= 15 is 0 Å². The second-order valence-corrected chi connectivity index (χ2v) is 0.978. The Hall–Kier alpha value is -0.130. The lowest BCUT2D eigenvalue weighted by Gasteiger charge is -1.67. The van der Waals surface area contributed by atoms with E-state index in [1.165, 1.54) is 0 Å². The summed E-state index contributed by atoms with van der Waals surface area (Å²) >= 11 is 0. The van der Waals surface area contributed by atoms with Crippen molar-refractivity contribution < 1.29 is 13.6 Å². The van der Waals surface area contributed by atoms with E-state index in [1.807, 2.05) is 0 Å². The first-order valence-corrected chi connectivity index (χ1v) is 1.84. The van der Waals surface area contributed by atoms with Crippen LogP contribution in [0, 0.1) is 0 Å². The predicted molar refractivity (Wildman–Crippen MR) is 15.2 cm³/mol. The van der Waals surface area contributed by atoms with Crippen LogP contribution in [0.4, 0.5) is 0 Å². The first-order chi connectivity index (χ1) is 2.56. The van der Waals surface area contributed by atoms with Gasteiger partial charge in [-0.15, -0.1) is 0 Å². The number of thiol groups is 1. The van der Waals surface area contributed by atoms with E-state index < -0.39 is 10.8 Å². The molecule has 0 unspecified atom stereocenters. The molecule has 0 radical (unpaired) electrons. The third-order valence-corrected chi connectivity index (χ3v) is 0.224. The van der Waals surface area contributed by atoms with Crippen LogP contribution in [0.15, 0.2) is 0 Å². The van der Waals surface area contributed by atoms with E-state index in [4.69, 9.17) is 6.33 Å². The summed E-state index contributed by atoms with van der Waals surface area (Å²) in [4.78, 5) is 0.743. The molecule has 0 atom stereocenters. The summed E-state index contributed by atoms with van der Waals surface area (Å²) in [6.45, 7) is 0. The van der Waals surface area contributed by atoms with Gasteiger partial charge in [-0.25, -0.2) is 8.42 Å². The summed E-state index contributed by atoms with van der Waals surface area (Å²) in [7, 11) is -4.11. The van der Waals surface area contributed by atoms with Crippen molar-refractivity contribution >= 4 is 10.8 Å². The summed E-state index contributed by atoms with van der Waals surface area (Å²) in [6.07, 6.45) is 0. The van der Waals surface area contributed by atoms with Gasteiger partial charge in [0, 0.05) is 0 Å². The summed E-state index contributed by atoms with van der Waals surface area (Å²) < 4.78 is 24.4. The van der Waals surface area contributed by atoms with Crippen molar-refractivity contribution in [3.05, 3.63) is 0 Å². The zero-order chi connectivity index (χ0) is 5.21. The second kappa shape index (κ2) is 2.13. The van der Waals surface area contributed by atoms with Crippen molar-refractivity contribution in [1.82, 2.24) is 4.89 Å². The standard InChI is InChI=1S/H3NO3S/c2-1-5(3)4/h2,5H,(H,1,3,4)/i5D. The molecular formula is H3NO3S. The van der Waals surface area contributed by atoms with Gasteiger partial charge in [0.1, 0.15) is 0 Å². The molecule has 0 heterocycles. The zero-order valence-electron chi connectivity index (χ0n) is 3.17. The van der Waals surface area contributed by atoms with Crippen LogP contribution in [0.3, 0.4) is 0 Å². The van der Waals surface area contributed by atoms with Crippen LogP contribution in [0.1, 0.15) is 0 Å². The van der Waals surface area contributed by atoms with Gasteiger partial charge in [0.2, 0.25) is 10.8 Å². The Morgan fingerprint density at radius 1 is 2.00 bits per heavy atom. The third-order valence-electron chi connectivity index (χ3n) is 0.0745. The first kappa shape index (κ1) is 3.08. The summed E-state index contributed by atoms with van der Waals surface area (Å²) in [5, 5.41) is 7.38. The van der Waals surface area contributed by atoms with Gasteiger partial charge in [-0.05, 0) is 0 Å². The molecular weight excluding hydrogens is 94.1 g/mol. The molecule has 32 valence electrons. The zero-order valence-corrected chi connectivity index (χ0v) is 2.99. The van der Waals surface area contributed by atoms with Gasteiger partial charge in [0.05, 0.1) is 0 Å². The van der Waals surface area contributed by atoms with Gasteiger partial charge in [0.15, 0.2) is 1.12 Å². The fraction of sp³-hybridized carbons (Fsp3) is 0. The highest BCUT2D eigenvalue weighted by molar-refractivity contribution is 7.70. The molecule has 0 saturated carbocycles. The van der Waals surface area contributed by atoms with Gasteiger partial charge in [-0.3, -0.25) is 0 Å². The lowest BCUT2D eigenvalue weighted by molar-refractivity contribution is 0.247. The van der Waals surface area contributed by atoms with E-state index in [-0.39, 0.29) is 0 Å². The lowest BCUT2D eigenvalue weighted by Crippen LogP contribution is -2.00. The molecule has 5 heavy (non-hydrogen) atoms. The Labute approximate surface area is 31.6 Å². The van der Waals surface area contributed by atoms with E-state index in [2.05, 4.69) is 0 Å². The summed E-state index contributed by atoms with van der Waals surface area (Å²) in [6, 6.07) is 0. The fourth-order valence-electron chi connectivity index (χ4n) is 0. The van der Waals surface area contributed by atoms with Crippen molar-refractivity contribution in [3.63, 3.8) is 0 Å². The molecule has 0 aromatic rings. The number of hydrogen-bond donors (Lipinski definition) is 3. The van der Waals surface area contributed by atoms with Crippen molar-refractivity contribution in [2.75, 3.05) is 0 Å². The van der Waals surface area contributed by atoms with Crippen molar-refractivity contribution in [2.24, 2.45) is 0 Å². The Kier molecular flexibility index (Phi) is 1.31. The molecule has 0 aliphatic heterocycles. The highest BCUT2D eigenvalue weighted by Gasteiger charge is 1.61. The SMILES string of the molecule is [2H]S(=O)(=O)NO.